The summed E-state index contributed by atoms with van der Waals surface area (Å²) in [7, 11) is 0. The Bertz CT molecular complexity index is 1160. The Hall–Kier alpha value is -3.15. The minimum absolute atomic E-state index is 0.149. The van der Waals surface area contributed by atoms with E-state index in [0.29, 0.717) is 10.1 Å². The van der Waals surface area contributed by atoms with E-state index in [-0.39, 0.29) is 12.1 Å². The van der Waals surface area contributed by atoms with Crippen LogP contribution in [0.15, 0.2) is 95.5 Å². The number of rotatable bonds is 4. The van der Waals surface area contributed by atoms with Crippen molar-refractivity contribution in [1.82, 2.24) is 10.3 Å². The lowest BCUT2D eigenvalue weighted by Gasteiger charge is -2.26. The predicted octanol–water partition coefficient (Wildman–Crippen LogP) is 6.17. The highest BCUT2D eigenvalue weighted by Crippen LogP contribution is 2.43. The largest absolute Gasteiger partial charge is 0.459 e. The number of nitrogens with one attached hydrogen (secondary N) is 1. The minimum atomic E-state index is -0.189. The van der Waals surface area contributed by atoms with Crippen molar-refractivity contribution < 1.29 is 4.42 Å². The summed E-state index contributed by atoms with van der Waals surface area (Å²) in [6, 6.07) is 27.3. The molecule has 5 rings (SSSR count). The van der Waals surface area contributed by atoms with Gasteiger partial charge in [-0.15, -0.1) is 0 Å². The van der Waals surface area contributed by atoms with Crippen LogP contribution in [-0.4, -0.2) is 10.1 Å². The zero-order valence-corrected chi connectivity index (χ0v) is 17.5. The summed E-state index contributed by atoms with van der Waals surface area (Å²) >= 11 is 11.8. The molecule has 0 saturated carbocycles. The van der Waals surface area contributed by atoms with E-state index in [1.807, 2.05) is 84.9 Å². The normalized spacial score (nSPS) is 18.4. The predicted molar refractivity (Wildman–Crippen MR) is 124 cm³/mol. The molecule has 1 fully saturated rings. The molecule has 0 amide bonds. The van der Waals surface area contributed by atoms with Gasteiger partial charge in [-0.25, -0.2) is 0 Å². The molecule has 2 aromatic heterocycles. The molecule has 148 valence electrons. The third-order valence-corrected chi connectivity index (χ3v) is 5.75. The molecule has 1 N–H and O–H groups in total. The summed E-state index contributed by atoms with van der Waals surface area (Å²) < 4.78 is 6.33. The van der Waals surface area contributed by atoms with Gasteiger partial charge < -0.3 is 14.6 Å². The van der Waals surface area contributed by atoms with Crippen molar-refractivity contribution >= 4 is 34.6 Å². The molecule has 30 heavy (non-hydrogen) atoms. The molecule has 0 bridgehead atoms. The maximum atomic E-state index is 6.33. The van der Waals surface area contributed by atoms with E-state index in [9.17, 15) is 0 Å². The maximum Gasteiger partial charge on any atom is 0.174 e. The number of halogens is 1. The van der Waals surface area contributed by atoms with Gasteiger partial charge in [0.2, 0.25) is 0 Å². The van der Waals surface area contributed by atoms with Gasteiger partial charge in [-0.1, -0.05) is 48.0 Å². The second-order valence-corrected chi connectivity index (χ2v) is 7.86. The van der Waals surface area contributed by atoms with Crippen LogP contribution in [0.3, 0.4) is 0 Å². The summed E-state index contributed by atoms with van der Waals surface area (Å²) in [5.74, 6) is 1.63. The molecular formula is C24H18ClN3OS. The Balaban J connectivity index is 1.60. The number of pyridine rings is 1. The third-order valence-electron chi connectivity index (χ3n) is 5.18. The van der Waals surface area contributed by atoms with E-state index in [0.717, 1.165) is 28.5 Å². The highest BCUT2D eigenvalue weighted by atomic mass is 35.5. The fraction of sp³-hybridized carbons (Fsp3) is 0.0833. The van der Waals surface area contributed by atoms with Crippen molar-refractivity contribution in [2.24, 2.45) is 0 Å². The van der Waals surface area contributed by atoms with Crippen LogP contribution in [0.4, 0.5) is 5.69 Å². The van der Waals surface area contributed by atoms with Crippen LogP contribution in [0, 0.1) is 0 Å². The van der Waals surface area contributed by atoms with Gasteiger partial charge in [-0.05, 0) is 60.7 Å². The van der Waals surface area contributed by atoms with Crippen molar-refractivity contribution in [1.29, 1.82) is 0 Å². The first-order valence-corrected chi connectivity index (χ1v) is 10.4. The standard InChI is InChI=1S/C24H18ClN3OS/c25-17-9-11-18(12-10-17)28-23(22(27-24(28)30)19-8-4-5-15-26-19)21-14-13-20(29-21)16-6-2-1-3-7-16/h1-15,22-23H,(H,27,30)/t22-,23+/m0/s1. The Morgan fingerprint density at radius 3 is 2.40 bits per heavy atom. The van der Waals surface area contributed by atoms with E-state index in [1.54, 1.807) is 6.20 Å². The number of benzene rings is 2. The van der Waals surface area contributed by atoms with E-state index in [2.05, 4.69) is 15.2 Å². The fourth-order valence-corrected chi connectivity index (χ4v) is 4.26. The van der Waals surface area contributed by atoms with Gasteiger partial charge in [0, 0.05) is 22.5 Å². The Morgan fingerprint density at radius 1 is 0.900 bits per heavy atom. The molecule has 1 saturated heterocycles. The molecule has 4 nitrogen and oxygen atoms in total. The van der Waals surface area contributed by atoms with E-state index < -0.39 is 0 Å². The lowest BCUT2D eigenvalue weighted by Crippen LogP contribution is -2.29. The molecule has 4 aromatic rings. The summed E-state index contributed by atoms with van der Waals surface area (Å²) in [6.45, 7) is 0. The van der Waals surface area contributed by atoms with Crippen molar-refractivity contribution in [3.63, 3.8) is 0 Å². The molecule has 2 aromatic carbocycles. The van der Waals surface area contributed by atoms with Gasteiger partial charge in [0.1, 0.15) is 17.6 Å². The number of anilines is 1. The second-order valence-electron chi connectivity index (χ2n) is 7.04. The van der Waals surface area contributed by atoms with E-state index >= 15 is 0 Å². The Labute approximate surface area is 185 Å². The van der Waals surface area contributed by atoms with Crippen molar-refractivity contribution in [3.8, 4) is 11.3 Å². The molecule has 6 heteroatoms. The van der Waals surface area contributed by atoms with Crippen molar-refractivity contribution in [3.05, 3.63) is 108 Å². The second kappa shape index (κ2) is 7.94. The zero-order chi connectivity index (χ0) is 20.5. The summed E-state index contributed by atoms with van der Waals surface area (Å²) in [5.41, 5.74) is 2.88. The van der Waals surface area contributed by atoms with Crippen LogP contribution in [0.2, 0.25) is 5.02 Å². The summed E-state index contributed by atoms with van der Waals surface area (Å²) in [5, 5.41) is 4.73. The van der Waals surface area contributed by atoms with Crippen LogP contribution < -0.4 is 10.2 Å². The lowest BCUT2D eigenvalue weighted by atomic mass is 10.0. The average Bonchev–Trinajstić information content (AvgIpc) is 3.40. The van der Waals surface area contributed by atoms with E-state index in [1.165, 1.54) is 0 Å². The zero-order valence-electron chi connectivity index (χ0n) is 15.9. The monoisotopic (exact) mass is 431 g/mol. The topological polar surface area (TPSA) is 41.3 Å². The van der Waals surface area contributed by atoms with Gasteiger partial charge in [-0.2, -0.15) is 0 Å². The molecule has 2 atom stereocenters. The molecular weight excluding hydrogens is 414 g/mol. The molecule has 0 aliphatic carbocycles. The Kier molecular flexibility index (Phi) is 4.99. The number of thiocarbonyl (C=S) groups is 1. The first-order valence-electron chi connectivity index (χ1n) is 9.62. The molecule has 0 spiro atoms. The molecule has 0 unspecified atom stereocenters. The van der Waals surface area contributed by atoms with Gasteiger partial charge in [0.15, 0.2) is 5.11 Å². The van der Waals surface area contributed by atoms with Crippen molar-refractivity contribution in [2.75, 3.05) is 4.90 Å². The fourth-order valence-electron chi connectivity index (χ4n) is 3.79. The highest BCUT2D eigenvalue weighted by Gasteiger charge is 2.42. The number of hydrogen-bond acceptors (Lipinski definition) is 3. The number of furan rings is 1. The molecule has 1 aliphatic heterocycles. The van der Waals surface area contributed by atoms with Crippen molar-refractivity contribution in [2.45, 2.75) is 12.1 Å². The summed E-state index contributed by atoms with van der Waals surface area (Å²) in [4.78, 5) is 6.63. The van der Waals surface area contributed by atoms with Crippen LogP contribution >= 0.6 is 23.8 Å². The molecule has 3 heterocycles. The Morgan fingerprint density at radius 2 is 1.67 bits per heavy atom. The first kappa shape index (κ1) is 18.9. The van der Waals surface area contributed by atoms with Crippen LogP contribution in [0.1, 0.15) is 23.5 Å². The number of aromatic nitrogens is 1. The van der Waals surface area contributed by atoms with Gasteiger partial charge in [0.25, 0.3) is 0 Å². The number of nitrogens with zero attached hydrogens (tertiary/aromatic N) is 2. The first-order chi connectivity index (χ1) is 14.7. The molecule has 0 radical (unpaired) electrons. The van der Waals surface area contributed by atoms with Gasteiger partial charge >= 0.3 is 0 Å². The number of hydrogen-bond donors (Lipinski definition) is 1. The van der Waals surface area contributed by atoms with Crippen LogP contribution in [-0.2, 0) is 0 Å². The summed E-state index contributed by atoms with van der Waals surface area (Å²) in [6.07, 6.45) is 1.79. The third kappa shape index (κ3) is 3.47. The van der Waals surface area contributed by atoms with Gasteiger partial charge in [-0.3, -0.25) is 4.98 Å². The maximum absolute atomic E-state index is 6.33. The molecule has 1 aliphatic rings. The quantitative estimate of drug-likeness (QED) is 0.391. The highest BCUT2D eigenvalue weighted by molar-refractivity contribution is 7.80. The smallest absolute Gasteiger partial charge is 0.174 e. The average molecular weight is 432 g/mol. The SMILES string of the molecule is S=C1N[C@@H](c2ccccn2)[C@@H](c2ccc(-c3ccccc3)o2)N1c1ccc(Cl)cc1. The minimum Gasteiger partial charge on any atom is -0.459 e. The van der Waals surface area contributed by atoms with E-state index in [4.69, 9.17) is 28.2 Å². The van der Waals surface area contributed by atoms with Crippen LogP contribution in [0.5, 0.6) is 0 Å². The van der Waals surface area contributed by atoms with Gasteiger partial charge in [0.05, 0.1) is 11.7 Å². The lowest BCUT2D eigenvalue weighted by molar-refractivity contribution is 0.439. The van der Waals surface area contributed by atoms with Crippen LogP contribution in [0.25, 0.3) is 11.3 Å².